The van der Waals surface area contributed by atoms with Crippen molar-refractivity contribution in [3.8, 4) is 0 Å². The van der Waals surface area contributed by atoms with Crippen molar-refractivity contribution < 1.29 is 8.42 Å². The summed E-state index contributed by atoms with van der Waals surface area (Å²) < 4.78 is 25.3. The predicted molar refractivity (Wildman–Crippen MR) is 80.7 cm³/mol. The van der Waals surface area contributed by atoms with Crippen molar-refractivity contribution in [2.75, 3.05) is 0 Å². The molecule has 0 radical (unpaired) electrons. The van der Waals surface area contributed by atoms with E-state index in [1.807, 2.05) is 25.1 Å². The molecule has 0 saturated carbocycles. The molecule has 108 valence electrons. The zero-order valence-electron chi connectivity index (χ0n) is 11.7. The summed E-state index contributed by atoms with van der Waals surface area (Å²) in [6.45, 7) is 3.57. The summed E-state index contributed by atoms with van der Waals surface area (Å²) in [6.07, 6.45) is 1.59. The smallest absolute Gasteiger partial charge is 0.226 e. The number of fused-ring (bicyclic) bond motifs is 1. The third-order valence-electron chi connectivity index (χ3n) is 3.45. The Morgan fingerprint density at radius 1 is 1.19 bits per heavy atom. The molecule has 21 heavy (non-hydrogen) atoms. The highest BCUT2D eigenvalue weighted by atomic mass is 32.2. The Kier molecular flexibility index (Phi) is 3.25. The number of aromatic amines is 1. The Hall–Kier alpha value is -2.21. The maximum absolute atomic E-state index is 12.7. The average Bonchev–Trinajstić information content (AvgIpc) is 2.91. The number of H-pyrrole nitrogens is 1. The third-order valence-corrected chi connectivity index (χ3v) is 5.36. The summed E-state index contributed by atoms with van der Waals surface area (Å²) >= 11 is 0. The number of benzene rings is 1. The lowest BCUT2D eigenvalue weighted by atomic mass is 10.2. The van der Waals surface area contributed by atoms with Crippen LogP contribution in [0.5, 0.6) is 0 Å². The van der Waals surface area contributed by atoms with Crippen molar-refractivity contribution in [1.82, 2.24) is 15.0 Å². The molecule has 1 aromatic carbocycles. The first-order chi connectivity index (χ1) is 9.98. The van der Waals surface area contributed by atoms with Crippen LogP contribution in [-0.2, 0) is 9.84 Å². The molecule has 0 amide bonds. The zero-order chi connectivity index (χ0) is 15.0. The van der Waals surface area contributed by atoms with E-state index >= 15 is 0 Å². The molecule has 0 aliphatic rings. The van der Waals surface area contributed by atoms with Gasteiger partial charge >= 0.3 is 0 Å². The monoisotopic (exact) mass is 301 g/mol. The Morgan fingerprint density at radius 3 is 2.71 bits per heavy atom. The van der Waals surface area contributed by atoms with E-state index in [2.05, 4.69) is 15.0 Å². The highest BCUT2D eigenvalue weighted by Gasteiger charge is 2.29. The van der Waals surface area contributed by atoms with Gasteiger partial charge in [0.25, 0.3) is 0 Å². The SMILES string of the molecule is Cc1ccc2nc(S(=O)(=O)[C@H](C)c3ccccn3)[nH]c2c1. The van der Waals surface area contributed by atoms with Crippen molar-refractivity contribution in [3.63, 3.8) is 0 Å². The number of hydrogen-bond donors (Lipinski definition) is 1. The van der Waals surface area contributed by atoms with Crippen molar-refractivity contribution in [1.29, 1.82) is 0 Å². The highest BCUT2D eigenvalue weighted by molar-refractivity contribution is 7.91. The largest absolute Gasteiger partial charge is 0.329 e. The summed E-state index contributed by atoms with van der Waals surface area (Å²) in [5.74, 6) is 0. The van der Waals surface area contributed by atoms with Crippen molar-refractivity contribution in [2.45, 2.75) is 24.3 Å². The number of nitrogens with one attached hydrogen (secondary N) is 1. The molecule has 5 nitrogen and oxygen atoms in total. The summed E-state index contributed by atoms with van der Waals surface area (Å²) in [5, 5.41) is -0.762. The van der Waals surface area contributed by atoms with Gasteiger partial charge in [0.05, 0.1) is 16.7 Å². The second-order valence-corrected chi connectivity index (χ2v) is 7.19. The lowest BCUT2D eigenvalue weighted by Crippen LogP contribution is -2.13. The molecule has 6 heteroatoms. The second kappa shape index (κ2) is 4.96. The van der Waals surface area contributed by atoms with Crippen LogP contribution < -0.4 is 0 Å². The summed E-state index contributed by atoms with van der Waals surface area (Å²) in [7, 11) is -3.60. The first-order valence-electron chi connectivity index (χ1n) is 6.59. The summed E-state index contributed by atoms with van der Waals surface area (Å²) in [4.78, 5) is 11.2. The van der Waals surface area contributed by atoms with Crippen molar-refractivity contribution >= 4 is 20.9 Å². The van der Waals surface area contributed by atoms with Crippen LogP contribution in [0.15, 0.2) is 47.8 Å². The van der Waals surface area contributed by atoms with Gasteiger partial charge in [-0.3, -0.25) is 4.98 Å². The molecular weight excluding hydrogens is 286 g/mol. The minimum absolute atomic E-state index is 0.0127. The minimum Gasteiger partial charge on any atom is -0.329 e. The number of aryl methyl sites for hydroxylation is 1. The van der Waals surface area contributed by atoms with Gasteiger partial charge in [0, 0.05) is 6.20 Å². The van der Waals surface area contributed by atoms with E-state index in [-0.39, 0.29) is 5.16 Å². The molecule has 0 saturated heterocycles. The number of rotatable bonds is 3. The Morgan fingerprint density at radius 2 is 2.00 bits per heavy atom. The fourth-order valence-corrected chi connectivity index (χ4v) is 3.45. The lowest BCUT2D eigenvalue weighted by Gasteiger charge is -2.09. The van der Waals surface area contributed by atoms with Crippen LogP contribution in [0.1, 0.15) is 23.4 Å². The van der Waals surface area contributed by atoms with Gasteiger partial charge in [0.2, 0.25) is 15.0 Å². The number of nitrogens with zero attached hydrogens (tertiary/aromatic N) is 2. The van der Waals surface area contributed by atoms with Gasteiger partial charge in [0.15, 0.2) is 0 Å². The number of sulfone groups is 1. The van der Waals surface area contributed by atoms with Gasteiger partial charge in [-0.25, -0.2) is 13.4 Å². The van der Waals surface area contributed by atoms with Crippen molar-refractivity contribution in [2.24, 2.45) is 0 Å². The summed E-state index contributed by atoms with van der Waals surface area (Å²) in [6, 6.07) is 10.8. The standard InChI is InChI=1S/C15H15N3O2S/c1-10-6-7-13-14(9-10)18-15(17-13)21(19,20)11(2)12-5-3-4-8-16-12/h3-9,11H,1-2H3,(H,17,18)/t11-/m1/s1. The minimum atomic E-state index is -3.60. The number of hydrogen-bond acceptors (Lipinski definition) is 4. The van der Waals surface area contributed by atoms with Gasteiger partial charge in [-0.2, -0.15) is 0 Å². The normalized spacial score (nSPS) is 13.4. The van der Waals surface area contributed by atoms with Gasteiger partial charge in [-0.1, -0.05) is 12.1 Å². The van der Waals surface area contributed by atoms with E-state index in [0.29, 0.717) is 11.2 Å². The van der Waals surface area contributed by atoms with Gasteiger partial charge in [-0.05, 0) is 43.7 Å². The fraction of sp³-hybridized carbons (Fsp3) is 0.200. The van der Waals surface area contributed by atoms with Crippen molar-refractivity contribution in [3.05, 3.63) is 53.9 Å². The van der Waals surface area contributed by atoms with Crippen LogP contribution in [0.2, 0.25) is 0 Å². The molecule has 0 fully saturated rings. The van der Waals surface area contributed by atoms with Gasteiger partial charge in [0.1, 0.15) is 5.25 Å². The predicted octanol–water partition coefficient (Wildman–Crippen LogP) is 2.80. The van der Waals surface area contributed by atoms with Crippen LogP contribution in [-0.4, -0.2) is 23.4 Å². The number of imidazole rings is 1. The lowest BCUT2D eigenvalue weighted by molar-refractivity contribution is 0.578. The number of pyridine rings is 1. The maximum atomic E-state index is 12.7. The maximum Gasteiger partial charge on any atom is 0.226 e. The van der Waals surface area contributed by atoms with Crippen LogP contribution in [0, 0.1) is 6.92 Å². The molecule has 0 bridgehead atoms. The van der Waals surface area contributed by atoms with Gasteiger partial charge < -0.3 is 4.98 Å². The highest BCUT2D eigenvalue weighted by Crippen LogP contribution is 2.27. The van der Waals surface area contributed by atoms with E-state index in [1.165, 1.54) is 0 Å². The molecule has 3 rings (SSSR count). The molecular formula is C15H15N3O2S. The molecule has 0 unspecified atom stereocenters. The van der Waals surface area contributed by atoms with Crippen LogP contribution in [0.3, 0.4) is 0 Å². The second-order valence-electron chi connectivity index (χ2n) is 5.00. The Bertz CT molecular complexity index is 886. The van der Waals surface area contributed by atoms with E-state index in [4.69, 9.17) is 0 Å². The van der Waals surface area contributed by atoms with Crippen LogP contribution in [0.25, 0.3) is 11.0 Å². The van der Waals surface area contributed by atoms with Gasteiger partial charge in [-0.15, -0.1) is 0 Å². The fourth-order valence-electron chi connectivity index (χ4n) is 2.18. The molecule has 1 atom stereocenters. The van der Waals surface area contributed by atoms with E-state index < -0.39 is 15.1 Å². The molecule has 1 N–H and O–H groups in total. The first kappa shape index (κ1) is 13.8. The Labute approximate surface area is 123 Å². The van der Waals surface area contributed by atoms with E-state index in [0.717, 1.165) is 11.1 Å². The molecule has 0 aliphatic heterocycles. The molecule has 0 aliphatic carbocycles. The first-order valence-corrected chi connectivity index (χ1v) is 8.14. The Balaban J connectivity index is 2.08. The number of aromatic nitrogens is 3. The molecule has 3 aromatic rings. The van der Waals surface area contributed by atoms with E-state index in [1.54, 1.807) is 31.3 Å². The molecule has 2 aromatic heterocycles. The van der Waals surface area contributed by atoms with Crippen LogP contribution in [0.4, 0.5) is 0 Å². The van der Waals surface area contributed by atoms with Crippen LogP contribution >= 0.6 is 0 Å². The topological polar surface area (TPSA) is 75.7 Å². The zero-order valence-corrected chi connectivity index (χ0v) is 12.6. The molecule has 2 heterocycles. The van der Waals surface area contributed by atoms with E-state index in [9.17, 15) is 8.42 Å². The quantitative estimate of drug-likeness (QED) is 0.807. The summed E-state index contributed by atoms with van der Waals surface area (Å²) in [5.41, 5.74) is 2.93. The average molecular weight is 301 g/mol. The third kappa shape index (κ3) is 2.42. The molecule has 0 spiro atoms.